The molecule has 0 saturated heterocycles. The average molecular weight is 272 g/mol. The Kier molecular flexibility index (Phi) is 3.96. The summed E-state index contributed by atoms with van der Waals surface area (Å²) in [6, 6.07) is 6.64. The molecule has 2 rings (SSSR count). The van der Waals surface area contributed by atoms with E-state index in [-0.39, 0.29) is 22.9 Å². The van der Waals surface area contributed by atoms with Gasteiger partial charge in [0.15, 0.2) is 5.75 Å². The van der Waals surface area contributed by atoms with Crippen LogP contribution in [0.2, 0.25) is 0 Å². The van der Waals surface area contributed by atoms with Crippen LogP contribution in [0.15, 0.2) is 30.6 Å². The van der Waals surface area contributed by atoms with E-state index in [4.69, 9.17) is 10.00 Å². The zero-order valence-electron chi connectivity index (χ0n) is 10.8. The molecule has 2 aromatic rings. The molecule has 1 aromatic carbocycles. The number of benzene rings is 1. The number of imidazole rings is 1. The van der Waals surface area contributed by atoms with Crippen molar-refractivity contribution in [1.82, 2.24) is 9.55 Å². The molecule has 7 heteroatoms. The molecular formula is C13H12N4O3. The largest absolute Gasteiger partial charge is 0.487 e. The van der Waals surface area contributed by atoms with Gasteiger partial charge in [-0.2, -0.15) is 5.26 Å². The Morgan fingerprint density at radius 2 is 2.35 bits per heavy atom. The third kappa shape index (κ3) is 2.44. The number of aromatic nitrogens is 2. The van der Waals surface area contributed by atoms with Gasteiger partial charge >= 0.3 is 5.69 Å². The highest BCUT2D eigenvalue weighted by Gasteiger charge is 2.23. The van der Waals surface area contributed by atoms with E-state index in [1.807, 2.05) is 13.0 Å². The number of rotatable bonds is 5. The van der Waals surface area contributed by atoms with Gasteiger partial charge in [0.1, 0.15) is 11.8 Å². The first-order valence-electron chi connectivity index (χ1n) is 6.03. The SMILES string of the molecule is CCCOc1cccc(-n2ccnc2C#N)c1[N+](=O)[O-]. The molecule has 0 saturated carbocycles. The van der Waals surface area contributed by atoms with Gasteiger partial charge < -0.3 is 4.74 Å². The van der Waals surface area contributed by atoms with Crippen molar-refractivity contribution in [2.75, 3.05) is 6.61 Å². The smallest absolute Gasteiger partial charge is 0.334 e. The van der Waals surface area contributed by atoms with E-state index in [1.54, 1.807) is 18.2 Å². The Balaban J connectivity index is 2.59. The number of ether oxygens (including phenoxy) is 1. The number of nitro benzene ring substituents is 1. The van der Waals surface area contributed by atoms with Crippen molar-refractivity contribution in [1.29, 1.82) is 5.26 Å². The van der Waals surface area contributed by atoms with Crippen LogP contribution >= 0.6 is 0 Å². The molecule has 0 atom stereocenters. The number of para-hydroxylation sites is 1. The van der Waals surface area contributed by atoms with Gasteiger partial charge in [-0.1, -0.05) is 13.0 Å². The molecule has 0 unspecified atom stereocenters. The molecule has 0 bridgehead atoms. The number of nitro groups is 1. The standard InChI is InChI=1S/C13H12N4O3/c1-2-8-20-11-5-3-4-10(13(11)17(18)19)16-7-6-15-12(16)9-14/h3-7H,2,8H2,1H3. The van der Waals surface area contributed by atoms with Crippen molar-refractivity contribution < 1.29 is 9.66 Å². The summed E-state index contributed by atoms with van der Waals surface area (Å²) in [5.74, 6) is 0.271. The van der Waals surface area contributed by atoms with Crippen molar-refractivity contribution in [3.8, 4) is 17.5 Å². The Morgan fingerprint density at radius 3 is 3.00 bits per heavy atom. The van der Waals surface area contributed by atoms with Crippen molar-refractivity contribution in [3.05, 3.63) is 46.5 Å². The minimum absolute atomic E-state index is 0.0840. The molecule has 1 aromatic heterocycles. The zero-order valence-corrected chi connectivity index (χ0v) is 10.8. The predicted molar refractivity (Wildman–Crippen MR) is 70.7 cm³/mol. The van der Waals surface area contributed by atoms with E-state index in [2.05, 4.69) is 4.98 Å². The molecule has 1 heterocycles. The number of nitrogens with zero attached hydrogens (tertiary/aromatic N) is 4. The third-order valence-electron chi connectivity index (χ3n) is 2.62. The second-order valence-corrected chi connectivity index (χ2v) is 3.96. The van der Waals surface area contributed by atoms with Crippen molar-refractivity contribution in [3.63, 3.8) is 0 Å². The molecular weight excluding hydrogens is 260 g/mol. The van der Waals surface area contributed by atoms with Gasteiger partial charge in [0.05, 0.1) is 11.5 Å². The van der Waals surface area contributed by atoms with E-state index < -0.39 is 4.92 Å². The molecule has 0 radical (unpaired) electrons. The van der Waals surface area contributed by atoms with E-state index in [1.165, 1.54) is 17.0 Å². The number of hydrogen-bond acceptors (Lipinski definition) is 5. The topological polar surface area (TPSA) is 94.0 Å². The maximum absolute atomic E-state index is 11.3. The Bertz CT molecular complexity index is 672. The van der Waals surface area contributed by atoms with E-state index in [0.717, 1.165) is 6.42 Å². The van der Waals surface area contributed by atoms with Gasteiger partial charge in [-0.15, -0.1) is 0 Å². The van der Waals surface area contributed by atoms with Gasteiger partial charge in [0.25, 0.3) is 0 Å². The maximum Gasteiger partial charge on any atom is 0.334 e. The number of hydrogen-bond donors (Lipinski definition) is 0. The Morgan fingerprint density at radius 1 is 1.55 bits per heavy atom. The van der Waals surface area contributed by atoms with Crippen LogP contribution in [0, 0.1) is 21.4 Å². The van der Waals surface area contributed by atoms with Gasteiger partial charge in [0.2, 0.25) is 5.82 Å². The van der Waals surface area contributed by atoms with Crippen LogP contribution in [-0.2, 0) is 0 Å². The molecule has 102 valence electrons. The van der Waals surface area contributed by atoms with Crippen molar-refractivity contribution >= 4 is 5.69 Å². The fourth-order valence-corrected chi connectivity index (χ4v) is 1.80. The molecule has 0 fully saturated rings. The lowest BCUT2D eigenvalue weighted by molar-refractivity contribution is -0.385. The first-order chi connectivity index (χ1) is 9.69. The highest BCUT2D eigenvalue weighted by Crippen LogP contribution is 2.33. The van der Waals surface area contributed by atoms with E-state index >= 15 is 0 Å². The summed E-state index contributed by atoms with van der Waals surface area (Å²) in [6.45, 7) is 2.30. The zero-order chi connectivity index (χ0) is 14.5. The molecule has 0 spiro atoms. The Labute approximate surface area is 115 Å². The Hall–Kier alpha value is -2.88. The minimum atomic E-state index is -0.512. The predicted octanol–water partition coefficient (Wildman–Crippen LogP) is 2.44. The summed E-state index contributed by atoms with van der Waals surface area (Å²) in [7, 11) is 0. The van der Waals surface area contributed by atoms with Gasteiger partial charge in [-0.3, -0.25) is 14.7 Å². The summed E-state index contributed by atoms with van der Waals surface area (Å²) < 4.78 is 6.77. The van der Waals surface area contributed by atoms with Gasteiger partial charge in [-0.25, -0.2) is 4.98 Å². The molecule has 20 heavy (non-hydrogen) atoms. The number of nitriles is 1. The lowest BCUT2D eigenvalue weighted by Crippen LogP contribution is -2.05. The molecule has 0 aliphatic rings. The second kappa shape index (κ2) is 5.84. The molecule has 0 amide bonds. The lowest BCUT2D eigenvalue weighted by atomic mass is 10.2. The molecule has 0 N–H and O–H groups in total. The van der Waals surface area contributed by atoms with Crippen LogP contribution in [0.4, 0.5) is 5.69 Å². The molecule has 7 nitrogen and oxygen atoms in total. The second-order valence-electron chi connectivity index (χ2n) is 3.96. The summed E-state index contributed by atoms with van der Waals surface area (Å²) >= 11 is 0. The highest BCUT2D eigenvalue weighted by molar-refractivity contribution is 5.62. The summed E-state index contributed by atoms with van der Waals surface area (Å²) in [6.07, 6.45) is 3.67. The first-order valence-corrected chi connectivity index (χ1v) is 6.03. The fraction of sp³-hybridized carbons (Fsp3) is 0.231. The maximum atomic E-state index is 11.3. The van der Waals surface area contributed by atoms with Gasteiger partial charge in [-0.05, 0) is 18.6 Å². The minimum Gasteiger partial charge on any atom is -0.487 e. The summed E-state index contributed by atoms with van der Waals surface area (Å²) in [4.78, 5) is 14.6. The normalized spacial score (nSPS) is 10.0. The van der Waals surface area contributed by atoms with Crippen molar-refractivity contribution in [2.45, 2.75) is 13.3 Å². The monoisotopic (exact) mass is 272 g/mol. The van der Waals surface area contributed by atoms with Crippen molar-refractivity contribution in [2.24, 2.45) is 0 Å². The van der Waals surface area contributed by atoms with E-state index in [9.17, 15) is 10.1 Å². The van der Waals surface area contributed by atoms with Crippen LogP contribution in [0.5, 0.6) is 5.75 Å². The first kappa shape index (κ1) is 13.5. The third-order valence-corrected chi connectivity index (χ3v) is 2.62. The van der Waals surface area contributed by atoms with Crippen LogP contribution in [-0.4, -0.2) is 21.1 Å². The quantitative estimate of drug-likeness (QED) is 0.615. The fourth-order valence-electron chi connectivity index (χ4n) is 1.80. The summed E-state index contributed by atoms with van der Waals surface area (Å²) in [5.41, 5.74) is 0.0908. The highest BCUT2D eigenvalue weighted by atomic mass is 16.6. The average Bonchev–Trinajstić information content (AvgIpc) is 2.92. The van der Waals surface area contributed by atoms with Crippen LogP contribution in [0.1, 0.15) is 19.2 Å². The molecule has 0 aliphatic heterocycles. The lowest BCUT2D eigenvalue weighted by Gasteiger charge is -2.09. The summed E-state index contributed by atoms with van der Waals surface area (Å²) in [5, 5.41) is 20.3. The van der Waals surface area contributed by atoms with Crippen LogP contribution in [0.3, 0.4) is 0 Å². The van der Waals surface area contributed by atoms with Gasteiger partial charge in [0, 0.05) is 12.4 Å². The van der Waals surface area contributed by atoms with Crippen LogP contribution < -0.4 is 4.74 Å². The van der Waals surface area contributed by atoms with E-state index in [0.29, 0.717) is 6.61 Å². The molecule has 0 aliphatic carbocycles. The van der Waals surface area contributed by atoms with Crippen LogP contribution in [0.25, 0.3) is 5.69 Å².